The third kappa shape index (κ3) is 5.11. The normalized spacial score (nSPS) is 11.0. The number of hydrogen-bond donors (Lipinski definition) is 1. The summed E-state index contributed by atoms with van der Waals surface area (Å²) in [5, 5.41) is 2.60. The second-order valence-corrected chi connectivity index (χ2v) is 4.98. The van der Waals surface area contributed by atoms with Gasteiger partial charge in [0.05, 0.1) is 6.54 Å². The molecule has 0 aliphatic rings. The number of nitrogens with one attached hydrogen (secondary N) is 1. The first kappa shape index (κ1) is 17.5. The predicted octanol–water partition coefficient (Wildman–Crippen LogP) is 2.37. The van der Waals surface area contributed by atoms with Crippen LogP contribution in [0.25, 0.3) is 0 Å². The summed E-state index contributed by atoms with van der Waals surface area (Å²) >= 11 is 0. The smallest absolute Gasteiger partial charge is 0.406 e. The maximum Gasteiger partial charge on any atom is 0.573 e. The number of halogens is 3. The lowest BCUT2D eigenvalue weighted by Gasteiger charge is -2.12. The lowest BCUT2D eigenvalue weighted by molar-refractivity contribution is -0.274. The lowest BCUT2D eigenvalue weighted by atomic mass is 10.2. The molecule has 128 valence electrons. The molecule has 24 heavy (non-hydrogen) atoms. The van der Waals surface area contributed by atoms with Gasteiger partial charge in [0.1, 0.15) is 17.4 Å². The molecule has 1 heterocycles. The summed E-state index contributed by atoms with van der Waals surface area (Å²) in [4.78, 5) is 22.1. The Balaban J connectivity index is 1.96. The van der Waals surface area contributed by atoms with Gasteiger partial charge in [0.2, 0.25) is 0 Å². The maximum atomic E-state index is 12.1. The number of ether oxygens (including phenoxy) is 1. The second-order valence-electron chi connectivity index (χ2n) is 4.98. The van der Waals surface area contributed by atoms with Crippen molar-refractivity contribution in [3.8, 4) is 5.75 Å². The van der Waals surface area contributed by atoms with Gasteiger partial charge in [0.15, 0.2) is 0 Å². The van der Waals surface area contributed by atoms with Crippen molar-refractivity contribution in [2.75, 3.05) is 19.0 Å². The first-order chi connectivity index (χ1) is 11.2. The Morgan fingerprint density at radius 3 is 2.46 bits per heavy atom. The van der Waals surface area contributed by atoms with Gasteiger partial charge in [0, 0.05) is 25.9 Å². The summed E-state index contributed by atoms with van der Waals surface area (Å²) in [5.41, 5.74) is 0.202. The highest BCUT2D eigenvalue weighted by molar-refractivity contribution is 5.94. The van der Waals surface area contributed by atoms with Crippen LogP contribution < -0.4 is 15.0 Å². The molecule has 6 nitrogen and oxygen atoms in total. The molecule has 1 N–H and O–H groups in total. The van der Waals surface area contributed by atoms with Gasteiger partial charge in [-0.25, -0.2) is 9.97 Å². The number of anilines is 1. The van der Waals surface area contributed by atoms with Gasteiger partial charge < -0.3 is 15.0 Å². The van der Waals surface area contributed by atoms with Crippen LogP contribution in [0, 0.1) is 0 Å². The number of hydrogen-bond acceptors (Lipinski definition) is 5. The van der Waals surface area contributed by atoms with Crippen LogP contribution in [0.5, 0.6) is 5.75 Å². The van der Waals surface area contributed by atoms with Crippen LogP contribution in [0.1, 0.15) is 16.2 Å². The van der Waals surface area contributed by atoms with Gasteiger partial charge in [-0.2, -0.15) is 0 Å². The molecule has 0 aliphatic carbocycles. The van der Waals surface area contributed by atoms with Gasteiger partial charge in [0.25, 0.3) is 5.91 Å². The van der Waals surface area contributed by atoms with Crippen molar-refractivity contribution in [1.29, 1.82) is 0 Å². The third-order valence-electron chi connectivity index (χ3n) is 2.91. The first-order valence-electron chi connectivity index (χ1n) is 6.88. The molecule has 0 aliphatic heterocycles. The summed E-state index contributed by atoms with van der Waals surface area (Å²) in [6.45, 7) is 0.0985. The summed E-state index contributed by atoms with van der Waals surface area (Å²) in [6.07, 6.45) is -3.19. The zero-order valence-corrected chi connectivity index (χ0v) is 13.0. The van der Waals surface area contributed by atoms with E-state index in [9.17, 15) is 18.0 Å². The van der Waals surface area contributed by atoms with Crippen molar-refractivity contribution in [3.63, 3.8) is 0 Å². The molecule has 0 saturated heterocycles. The molecule has 0 saturated carbocycles. The van der Waals surface area contributed by atoms with E-state index in [-0.39, 0.29) is 17.9 Å². The van der Waals surface area contributed by atoms with Crippen LogP contribution in [0.4, 0.5) is 19.0 Å². The van der Waals surface area contributed by atoms with Crippen molar-refractivity contribution in [2.45, 2.75) is 12.9 Å². The SMILES string of the molecule is CN(C)c1ccnc(CNC(=O)c2ccc(OC(F)(F)F)cc2)n1. The Hall–Kier alpha value is -2.84. The highest BCUT2D eigenvalue weighted by Crippen LogP contribution is 2.22. The van der Waals surface area contributed by atoms with Gasteiger partial charge in [-0.15, -0.1) is 13.2 Å². The van der Waals surface area contributed by atoms with Crippen molar-refractivity contribution in [1.82, 2.24) is 15.3 Å². The predicted molar refractivity (Wildman–Crippen MR) is 80.7 cm³/mol. The van der Waals surface area contributed by atoms with Crippen LogP contribution in [-0.2, 0) is 6.54 Å². The quantitative estimate of drug-likeness (QED) is 0.905. The zero-order chi connectivity index (χ0) is 17.7. The third-order valence-corrected chi connectivity index (χ3v) is 2.91. The van der Waals surface area contributed by atoms with Crippen molar-refractivity contribution in [2.24, 2.45) is 0 Å². The highest BCUT2D eigenvalue weighted by Gasteiger charge is 2.31. The summed E-state index contributed by atoms with van der Waals surface area (Å²) in [6, 6.07) is 6.36. The number of carbonyl (C=O) groups excluding carboxylic acids is 1. The first-order valence-corrected chi connectivity index (χ1v) is 6.88. The Morgan fingerprint density at radius 1 is 1.21 bits per heavy atom. The van der Waals surface area contributed by atoms with Crippen LogP contribution in [0.15, 0.2) is 36.5 Å². The molecule has 1 amide bonds. The average molecular weight is 340 g/mol. The van der Waals surface area contributed by atoms with Gasteiger partial charge in [-0.05, 0) is 30.3 Å². The van der Waals surface area contributed by atoms with E-state index in [1.807, 2.05) is 14.1 Å². The maximum absolute atomic E-state index is 12.1. The molecule has 0 unspecified atom stereocenters. The molecule has 2 aromatic rings. The minimum absolute atomic E-state index is 0.0985. The highest BCUT2D eigenvalue weighted by atomic mass is 19.4. The van der Waals surface area contributed by atoms with Crippen molar-refractivity contribution >= 4 is 11.7 Å². The molecule has 0 spiro atoms. The summed E-state index contributed by atoms with van der Waals surface area (Å²) < 4.78 is 40.0. The van der Waals surface area contributed by atoms with Crippen LogP contribution >= 0.6 is 0 Å². The minimum Gasteiger partial charge on any atom is -0.406 e. The number of amides is 1. The van der Waals surface area contributed by atoms with Gasteiger partial charge >= 0.3 is 6.36 Å². The molecule has 1 aromatic heterocycles. The molecule has 1 aromatic carbocycles. The van der Waals surface area contributed by atoms with Crippen LogP contribution in [-0.4, -0.2) is 36.3 Å². The van der Waals surface area contributed by atoms with Crippen LogP contribution in [0.3, 0.4) is 0 Å². The Bertz CT molecular complexity index is 703. The Morgan fingerprint density at radius 2 is 1.88 bits per heavy atom. The number of alkyl halides is 3. The molecule has 0 atom stereocenters. The lowest BCUT2D eigenvalue weighted by Crippen LogP contribution is -2.24. The fourth-order valence-electron chi connectivity index (χ4n) is 1.79. The molecule has 2 rings (SSSR count). The van der Waals surface area contributed by atoms with E-state index in [0.29, 0.717) is 11.6 Å². The van der Waals surface area contributed by atoms with E-state index < -0.39 is 12.3 Å². The molecule has 0 radical (unpaired) electrons. The van der Waals surface area contributed by atoms with Gasteiger partial charge in [-0.3, -0.25) is 4.79 Å². The molecule has 9 heteroatoms. The van der Waals surface area contributed by atoms with Crippen LogP contribution in [0.2, 0.25) is 0 Å². The largest absolute Gasteiger partial charge is 0.573 e. The van der Waals surface area contributed by atoms with E-state index in [1.165, 1.54) is 12.1 Å². The molecular formula is C15H15F3N4O2. The van der Waals surface area contributed by atoms with Crippen molar-refractivity contribution < 1.29 is 22.7 Å². The molecule has 0 fully saturated rings. The second kappa shape index (κ2) is 7.16. The molecule has 0 bridgehead atoms. The number of nitrogens with zero attached hydrogens (tertiary/aromatic N) is 3. The standard InChI is InChI=1S/C15H15F3N4O2/c1-22(2)13-7-8-19-12(21-13)9-20-14(23)10-3-5-11(6-4-10)24-15(16,17)18/h3-8H,9H2,1-2H3,(H,20,23). The van der Waals surface area contributed by atoms with E-state index in [4.69, 9.17) is 0 Å². The summed E-state index contributed by atoms with van der Waals surface area (Å²) in [7, 11) is 3.66. The molecular weight excluding hydrogens is 325 g/mol. The zero-order valence-electron chi connectivity index (χ0n) is 13.0. The van der Waals surface area contributed by atoms with E-state index in [0.717, 1.165) is 12.1 Å². The fraction of sp³-hybridized carbons (Fsp3) is 0.267. The van der Waals surface area contributed by atoms with E-state index >= 15 is 0 Å². The van der Waals surface area contributed by atoms with E-state index in [2.05, 4.69) is 20.0 Å². The number of carbonyl (C=O) groups is 1. The number of aromatic nitrogens is 2. The fourth-order valence-corrected chi connectivity index (χ4v) is 1.79. The summed E-state index contributed by atoms with van der Waals surface area (Å²) in [5.74, 6) is 0.281. The Kier molecular flexibility index (Phi) is 5.22. The monoisotopic (exact) mass is 340 g/mol. The topological polar surface area (TPSA) is 67.4 Å². The van der Waals surface area contributed by atoms with Gasteiger partial charge in [-0.1, -0.05) is 0 Å². The number of benzene rings is 1. The number of rotatable bonds is 5. The van der Waals surface area contributed by atoms with E-state index in [1.54, 1.807) is 17.2 Å². The minimum atomic E-state index is -4.77. The van der Waals surface area contributed by atoms with Crippen molar-refractivity contribution in [3.05, 3.63) is 47.9 Å². The average Bonchev–Trinajstić information content (AvgIpc) is 2.52. The Labute approximate surface area is 136 Å².